The maximum Gasteiger partial charge on any atom is 0.243 e. The number of benzene rings is 2. The number of piperazine rings is 1. The van der Waals surface area contributed by atoms with E-state index in [1.54, 1.807) is 7.11 Å². The minimum absolute atomic E-state index is 0.0223. The lowest BCUT2D eigenvalue weighted by atomic mass is 10.1. The van der Waals surface area contributed by atoms with Crippen LogP contribution >= 0.6 is 0 Å². The molecule has 0 radical (unpaired) electrons. The third-order valence-corrected chi connectivity index (χ3v) is 7.87. The predicted octanol–water partition coefficient (Wildman–Crippen LogP) is 2.00. The molecule has 1 fully saturated rings. The Labute approximate surface area is 166 Å². The summed E-state index contributed by atoms with van der Waals surface area (Å²) in [5.41, 5.74) is 0.987. The summed E-state index contributed by atoms with van der Waals surface area (Å²) < 4.78 is 55.8. The van der Waals surface area contributed by atoms with Crippen LogP contribution < -0.4 is 9.64 Å². The van der Waals surface area contributed by atoms with Gasteiger partial charge in [-0.15, -0.1) is 0 Å². The first-order valence-corrected chi connectivity index (χ1v) is 12.2. The van der Waals surface area contributed by atoms with Gasteiger partial charge in [-0.2, -0.15) is 4.31 Å². The Morgan fingerprint density at radius 2 is 1.61 bits per heavy atom. The molecule has 0 N–H and O–H groups in total. The van der Waals surface area contributed by atoms with Crippen LogP contribution in [0.1, 0.15) is 6.92 Å². The van der Waals surface area contributed by atoms with Gasteiger partial charge in [-0.25, -0.2) is 16.8 Å². The fourth-order valence-electron chi connectivity index (χ4n) is 3.32. The summed E-state index contributed by atoms with van der Waals surface area (Å²) in [6, 6.07) is 13.0. The van der Waals surface area contributed by atoms with E-state index in [-0.39, 0.29) is 15.8 Å². The van der Waals surface area contributed by atoms with Crippen LogP contribution in [0.4, 0.5) is 5.69 Å². The minimum Gasteiger partial charge on any atom is -0.497 e. The zero-order chi connectivity index (χ0) is 20.5. The molecule has 2 aromatic carbocycles. The van der Waals surface area contributed by atoms with Crippen LogP contribution in [-0.2, 0) is 19.9 Å². The second kappa shape index (κ2) is 7.73. The average molecular weight is 425 g/mol. The van der Waals surface area contributed by atoms with Gasteiger partial charge >= 0.3 is 0 Å². The molecular weight excluding hydrogens is 400 g/mol. The average Bonchev–Trinajstić information content (AvgIpc) is 2.67. The van der Waals surface area contributed by atoms with E-state index in [1.807, 2.05) is 31.2 Å². The lowest BCUT2D eigenvalue weighted by Crippen LogP contribution is -2.53. The molecule has 1 aliphatic heterocycles. The summed E-state index contributed by atoms with van der Waals surface area (Å²) in [5, 5.41) is 0. The Morgan fingerprint density at radius 1 is 0.964 bits per heavy atom. The first kappa shape index (κ1) is 20.6. The highest BCUT2D eigenvalue weighted by Gasteiger charge is 2.32. The first-order chi connectivity index (χ1) is 13.1. The molecule has 152 valence electrons. The number of ether oxygens (including phenoxy) is 1. The van der Waals surface area contributed by atoms with Gasteiger partial charge in [0.1, 0.15) is 5.75 Å². The highest BCUT2D eigenvalue weighted by atomic mass is 32.2. The minimum atomic E-state index is -3.69. The largest absolute Gasteiger partial charge is 0.497 e. The molecule has 2 aromatic rings. The molecule has 1 saturated heterocycles. The Hall–Kier alpha value is -2.10. The Morgan fingerprint density at radius 3 is 2.18 bits per heavy atom. The van der Waals surface area contributed by atoms with Crippen molar-refractivity contribution in [3.8, 4) is 5.75 Å². The van der Waals surface area contributed by atoms with Gasteiger partial charge in [0.25, 0.3) is 0 Å². The van der Waals surface area contributed by atoms with Crippen molar-refractivity contribution in [3.05, 3.63) is 48.5 Å². The van der Waals surface area contributed by atoms with E-state index in [4.69, 9.17) is 4.74 Å². The number of nitrogens with zero attached hydrogens (tertiary/aromatic N) is 2. The number of anilines is 1. The number of sulfone groups is 1. The van der Waals surface area contributed by atoms with Gasteiger partial charge in [0, 0.05) is 43.7 Å². The van der Waals surface area contributed by atoms with Crippen molar-refractivity contribution in [1.29, 1.82) is 0 Å². The van der Waals surface area contributed by atoms with Gasteiger partial charge in [0.15, 0.2) is 9.84 Å². The summed E-state index contributed by atoms with van der Waals surface area (Å²) in [7, 11) is -5.44. The summed E-state index contributed by atoms with van der Waals surface area (Å²) in [5.74, 6) is 0.755. The molecule has 0 bridgehead atoms. The molecule has 1 aliphatic rings. The van der Waals surface area contributed by atoms with Crippen LogP contribution in [0.5, 0.6) is 5.75 Å². The fraction of sp³-hybridized carbons (Fsp3) is 0.368. The second-order valence-electron chi connectivity index (χ2n) is 6.85. The lowest BCUT2D eigenvalue weighted by molar-refractivity contribution is 0.342. The number of hydrogen-bond acceptors (Lipinski definition) is 6. The third kappa shape index (κ3) is 4.16. The van der Waals surface area contributed by atoms with E-state index in [1.165, 1.54) is 28.6 Å². The molecule has 0 unspecified atom stereocenters. The van der Waals surface area contributed by atoms with Gasteiger partial charge in [0.05, 0.1) is 16.9 Å². The van der Waals surface area contributed by atoms with Crippen LogP contribution in [0, 0.1) is 0 Å². The van der Waals surface area contributed by atoms with Gasteiger partial charge in [-0.1, -0.05) is 6.07 Å². The normalized spacial score (nSPS) is 18.8. The molecule has 1 atom stereocenters. The van der Waals surface area contributed by atoms with Crippen LogP contribution in [0.3, 0.4) is 0 Å². The maximum atomic E-state index is 13.0. The van der Waals surface area contributed by atoms with E-state index < -0.39 is 19.9 Å². The molecule has 0 aliphatic carbocycles. The Kier molecular flexibility index (Phi) is 5.69. The maximum absolute atomic E-state index is 13.0. The van der Waals surface area contributed by atoms with Crippen LogP contribution in [0.25, 0.3) is 0 Å². The molecule has 0 saturated carbocycles. The van der Waals surface area contributed by atoms with E-state index in [0.29, 0.717) is 19.6 Å². The zero-order valence-electron chi connectivity index (χ0n) is 16.1. The van der Waals surface area contributed by atoms with Crippen molar-refractivity contribution < 1.29 is 21.6 Å². The highest BCUT2D eigenvalue weighted by molar-refractivity contribution is 7.90. The van der Waals surface area contributed by atoms with Crippen molar-refractivity contribution in [2.45, 2.75) is 22.8 Å². The summed E-state index contributed by atoms with van der Waals surface area (Å²) in [4.78, 5) is 2.35. The summed E-state index contributed by atoms with van der Waals surface area (Å²) in [6.45, 7) is 3.22. The predicted molar refractivity (Wildman–Crippen MR) is 108 cm³/mol. The van der Waals surface area contributed by atoms with Gasteiger partial charge < -0.3 is 9.64 Å². The topological polar surface area (TPSA) is 84.0 Å². The van der Waals surface area contributed by atoms with Crippen molar-refractivity contribution in [3.63, 3.8) is 0 Å². The molecule has 0 amide bonds. The number of rotatable bonds is 5. The number of hydrogen-bond donors (Lipinski definition) is 0. The highest BCUT2D eigenvalue weighted by Crippen LogP contribution is 2.27. The molecule has 9 heteroatoms. The lowest BCUT2D eigenvalue weighted by Gasteiger charge is -2.40. The molecule has 7 nitrogen and oxygen atoms in total. The number of sulfonamides is 1. The SMILES string of the molecule is COc1cccc(N2CCN(S(=O)(=O)c3ccc(S(C)(=O)=O)cc3)C[C@H]2C)c1. The molecular formula is C19H24N2O5S2. The molecule has 0 spiro atoms. The van der Waals surface area contributed by atoms with Crippen LogP contribution in [0.2, 0.25) is 0 Å². The Bertz CT molecular complexity index is 1050. The van der Waals surface area contributed by atoms with E-state index in [2.05, 4.69) is 4.90 Å². The molecule has 28 heavy (non-hydrogen) atoms. The molecule has 0 aromatic heterocycles. The van der Waals surface area contributed by atoms with Gasteiger partial charge in [0.2, 0.25) is 10.0 Å². The number of methoxy groups -OCH3 is 1. The van der Waals surface area contributed by atoms with E-state index >= 15 is 0 Å². The summed E-state index contributed by atoms with van der Waals surface area (Å²) in [6.07, 6.45) is 1.09. The van der Waals surface area contributed by atoms with Crippen molar-refractivity contribution in [2.24, 2.45) is 0 Å². The fourth-order valence-corrected chi connectivity index (χ4v) is 5.47. The van der Waals surface area contributed by atoms with Gasteiger partial charge in [-0.3, -0.25) is 0 Å². The standard InChI is InChI=1S/C19H24N2O5S2/c1-15-14-20(11-12-21(15)16-5-4-6-17(13-16)26-2)28(24,25)19-9-7-18(8-10-19)27(3,22)23/h4-10,13,15H,11-12,14H2,1-3H3/t15-/m1/s1. The van der Waals surface area contributed by atoms with E-state index in [9.17, 15) is 16.8 Å². The zero-order valence-corrected chi connectivity index (χ0v) is 17.7. The van der Waals surface area contributed by atoms with Crippen LogP contribution in [0.15, 0.2) is 58.3 Å². The Balaban J connectivity index is 1.78. The monoisotopic (exact) mass is 424 g/mol. The van der Waals surface area contributed by atoms with E-state index in [0.717, 1.165) is 17.7 Å². The smallest absolute Gasteiger partial charge is 0.243 e. The first-order valence-electron chi connectivity index (χ1n) is 8.84. The quantitative estimate of drug-likeness (QED) is 0.730. The van der Waals surface area contributed by atoms with Crippen molar-refractivity contribution in [2.75, 3.05) is 37.9 Å². The van der Waals surface area contributed by atoms with Crippen molar-refractivity contribution >= 4 is 25.5 Å². The van der Waals surface area contributed by atoms with Crippen LogP contribution in [-0.4, -0.2) is 60.2 Å². The third-order valence-electron chi connectivity index (χ3n) is 4.86. The van der Waals surface area contributed by atoms with Crippen molar-refractivity contribution in [1.82, 2.24) is 4.31 Å². The summed E-state index contributed by atoms with van der Waals surface area (Å²) >= 11 is 0. The second-order valence-corrected chi connectivity index (χ2v) is 10.8. The molecule has 1 heterocycles. The van der Waals surface area contributed by atoms with Gasteiger partial charge in [-0.05, 0) is 43.3 Å². The molecule has 3 rings (SSSR count).